The van der Waals surface area contributed by atoms with Crippen molar-refractivity contribution in [3.8, 4) is 5.75 Å². The molecule has 25 heavy (non-hydrogen) atoms. The summed E-state index contributed by atoms with van der Waals surface area (Å²) in [5, 5.41) is 0.902. The van der Waals surface area contributed by atoms with E-state index in [1.165, 1.54) is 0 Å². The van der Waals surface area contributed by atoms with E-state index in [0.717, 1.165) is 29.4 Å². The standard InChI is InChI=1S/C19H26N2O4/c1-5-17(22)21-12-14(10-11-20(3)4)19-15(21)8-7-9-16(19)24-13-25-18(23)6-2/h7-9,12H,5-6,10-11,13H2,1-4H3. The van der Waals surface area contributed by atoms with Gasteiger partial charge in [0.2, 0.25) is 12.7 Å². The second kappa shape index (κ2) is 8.67. The van der Waals surface area contributed by atoms with Crippen LogP contribution >= 0.6 is 0 Å². The van der Waals surface area contributed by atoms with Crippen LogP contribution in [0.3, 0.4) is 0 Å². The summed E-state index contributed by atoms with van der Waals surface area (Å²) in [6, 6.07) is 5.59. The van der Waals surface area contributed by atoms with Crippen molar-refractivity contribution in [3.63, 3.8) is 0 Å². The van der Waals surface area contributed by atoms with E-state index in [4.69, 9.17) is 9.47 Å². The number of esters is 1. The first-order valence-electron chi connectivity index (χ1n) is 8.57. The molecule has 0 bridgehead atoms. The lowest BCUT2D eigenvalue weighted by Crippen LogP contribution is -2.15. The number of rotatable bonds is 8. The van der Waals surface area contributed by atoms with Gasteiger partial charge < -0.3 is 14.4 Å². The summed E-state index contributed by atoms with van der Waals surface area (Å²) in [7, 11) is 4.02. The first kappa shape index (κ1) is 19.0. The lowest BCUT2D eigenvalue weighted by molar-refractivity contribution is -0.149. The average molecular weight is 346 g/mol. The third-order valence-corrected chi connectivity index (χ3v) is 3.99. The monoisotopic (exact) mass is 346 g/mol. The maximum atomic E-state index is 12.3. The van der Waals surface area contributed by atoms with Gasteiger partial charge in [-0.25, -0.2) is 0 Å². The molecule has 1 aromatic heterocycles. The maximum Gasteiger partial charge on any atom is 0.308 e. The first-order chi connectivity index (χ1) is 12.0. The summed E-state index contributed by atoms with van der Waals surface area (Å²) in [5.41, 5.74) is 1.86. The van der Waals surface area contributed by atoms with Crippen molar-refractivity contribution in [2.75, 3.05) is 27.4 Å². The van der Waals surface area contributed by atoms with E-state index in [2.05, 4.69) is 4.90 Å². The molecule has 0 atom stereocenters. The molecule has 1 aromatic carbocycles. The number of likely N-dealkylation sites (N-methyl/N-ethyl adjacent to an activating group) is 1. The van der Waals surface area contributed by atoms with Crippen LogP contribution < -0.4 is 4.74 Å². The van der Waals surface area contributed by atoms with Gasteiger partial charge in [-0.1, -0.05) is 19.9 Å². The highest BCUT2D eigenvalue weighted by Crippen LogP contribution is 2.31. The Labute approximate surface area is 148 Å². The molecular weight excluding hydrogens is 320 g/mol. The Balaban J connectivity index is 2.38. The third-order valence-electron chi connectivity index (χ3n) is 3.99. The molecule has 2 rings (SSSR count). The summed E-state index contributed by atoms with van der Waals surface area (Å²) in [6.07, 6.45) is 3.42. The molecule has 6 heteroatoms. The molecule has 2 aromatic rings. The second-order valence-corrected chi connectivity index (χ2v) is 6.11. The Morgan fingerprint density at radius 1 is 1.16 bits per heavy atom. The average Bonchev–Trinajstić information content (AvgIpc) is 2.98. The van der Waals surface area contributed by atoms with Crippen LogP contribution in [0.4, 0.5) is 0 Å². The number of ether oxygens (including phenoxy) is 2. The number of hydrogen-bond donors (Lipinski definition) is 0. The highest BCUT2D eigenvalue weighted by atomic mass is 16.7. The summed E-state index contributed by atoms with van der Waals surface area (Å²) in [5.74, 6) is 0.354. The molecule has 0 fully saturated rings. The van der Waals surface area contributed by atoms with Crippen LogP contribution in [-0.4, -0.2) is 48.8 Å². The number of carbonyl (C=O) groups is 2. The van der Waals surface area contributed by atoms with Crippen LogP contribution in [0.25, 0.3) is 10.9 Å². The third kappa shape index (κ3) is 4.60. The van der Waals surface area contributed by atoms with E-state index < -0.39 is 0 Å². The normalized spacial score (nSPS) is 11.1. The minimum absolute atomic E-state index is 0.0377. The van der Waals surface area contributed by atoms with Crippen molar-refractivity contribution >= 4 is 22.8 Å². The van der Waals surface area contributed by atoms with Gasteiger partial charge in [0.1, 0.15) is 5.75 Å². The van der Waals surface area contributed by atoms with E-state index in [0.29, 0.717) is 18.6 Å². The minimum atomic E-state index is -0.307. The molecular formula is C19H26N2O4. The van der Waals surface area contributed by atoms with Crippen LogP contribution in [0.5, 0.6) is 5.75 Å². The number of nitrogens with zero attached hydrogens (tertiary/aromatic N) is 2. The van der Waals surface area contributed by atoms with E-state index in [-0.39, 0.29) is 18.7 Å². The van der Waals surface area contributed by atoms with Crippen molar-refractivity contribution < 1.29 is 19.1 Å². The van der Waals surface area contributed by atoms with Gasteiger partial charge in [0.15, 0.2) is 0 Å². The van der Waals surface area contributed by atoms with Crippen molar-refractivity contribution in [1.29, 1.82) is 0 Å². The highest BCUT2D eigenvalue weighted by molar-refractivity contribution is 5.97. The molecule has 0 unspecified atom stereocenters. The van der Waals surface area contributed by atoms with Gasteiger partial charge >= 0.3 is 5.97 Å². The van der Waals surface area contributed by atoms with Gasteiger partial charge in [-0.3, -0.25) is 14.2 Å². The van der Waals surface area contributed by atoms with Crippen LogP contribution in [0, 0.1) is 0 Å². The largest absolute Gasteiger partial charge is 0.457 e. The van der Waals surface area contributed by atoms with Gasteiger partial charge in [0, 0.05) is 31.0 Å². The quantitative estimate of drug-likeness (QED) is 0.543. The molecule has 0 spiro atoms. The lowest BCUT2D eigenvalue weighted by atomic mass is 10.1. The van der Waals surface area contributed by atoms with Gasteiger partial charge in [-0.15, -0.1) is 0 Å². The van der Waals surface area contributed by atoms with Gasteiger partial charge in [0.25, 0.3) is 0 Å². The smallest absolute Gasteiger partial charge is 0.308 e. The molecule has 6 nitrogen and oxygen atoms in total. The van der Waals surface area contributed by atoms with Crippen LogP contribution in [0.1, 0.15) is 37.0 Å². The predicted octanol–water partition coefficient (Wildman–Crippen LogP) is 3.09. The van der Waals surface area contributed by atoms with E-state index >= 15 is 0 Å². The molecule has 0 aliphatic heterocycles. The molecule has 0 saturated carbocycles. The molecule has 1 heterocycles. The first-order valence-corrected chi connectivity index (χ1v) is 8.57. The van der Waals surface area contributed by atoms with Gasteiger partial charge in [0.05, 0.1) is 5.52 Å². The van der Waals surface area contributed by atoms with E-state index in [1.807, 2.05) is 45.4 Å². The molecule has 0 aliphatic rings. The summed E-state index contributed by atoms with van der Waals surface area (Å²) >= 11 is 0. The SMILES string of the molecule is CCC(=O)OCOc1cccc2c1c(CCN(C)C)cn2C(=O)CC. The fraction of sp³-hybridized carbons (Fsp3) is 0.474. The topological polar surface area (TPSA) is 60.8 Å². The Bertz CT molecular complexity index is 749. The zero-order chi connectivity index (χ0) is 18.4. The van der Waals surface area contributed by atoms with Crippen LogP contribution in [-0.2, 0) is 16.0 Å². The fourth-order valence-electron chi connectivity index (χ4n) is 2.62. The number of fused-ring (bicyclic) bond motifs is 1. The lowest BCUT2D eigenvalue weighted by Gasteiger charge is -2.11. The fourth-order valence-corrected chi connectivity index (χ4v) is 2.62. The van der Waals surface area contributed by atoms with Crippen molar-refractivity contribution in [3.05, 3.63) is 30.0 Å². The molecule has 0 saturated heterocycles. The Morgan fingerprint density at radius 2 is 1.92 bits per heavy atom. The van der Waals surface area contributed by atoms with Crippen LogP contribution in [0.2, 0.25) is 0 Å². The number of benzene rings is 1. The molecule has 0 amide bonds. The molecule has 136 valence electrons. The molecule has 0 aliphatic carbocycles. The number of carbonyl (C=O) groups excluding carboxylic acids is 2. The molecule has 0 radical (unpaired) electrons. The summed E-state index contributed by atoms with van der Waals surface area (Å²) in [4.78, 5) is 25.7. The number of aromatic nitrogens is 1. The minimum Gasteiger partial charge on any atom is -0.457 e. The summed E-state index contributed by atoms with van der Waals surface area (Å²) < 4.78 is 12.4. The summed E-state index contributed by atoms with van der Waals surface area (Å²) in [6.45, 7) is 4.31. The Kier molecular flexibility index (Phi) is 6.58. The highest BCUT2D eigenvalue weighted by Gasteiger charge is 2.16. The number of hydrogen-bond acceptors (Lipinski definition) is 5. The van der Waals surface area contributed by atoms with Gasteiger partial charge in [-0.05, 0) is 38.2 Å². The maximum absolute atomic E-state index is 12.3. The van der Waals surface area contributed by atoms with Crippen molar-refractivity contribution in [1.82, 2.24) is 9.47 Å². The second-order valence-electron chi connectivity index (χ2n) is 6.11. The predicted molar refractivity (Wildman–Crippen MR) is 97.0 cm³/mol. The zero-order valence-corrected chi connectivity index (χ0v) is 15.4. The van der Waals surface area contributed by atoms with E-state index in [9.17, 15) is 9.59 Å². The Morgan fingerprint density at radius 3 is 2.56 bits per heavy atom. The van der Waals surface area contributed by atoms with Crippen molar-refractivity contribution in [2.45, 2.75) is 33.1 Å². The Hall–Kier alpha value is -2.34. The van der Waals surface area contributed by atoms with E-state index in [1.54, 1.807) is 11.5 Å². The van der Waals surface area contributed by atoms with Crippen LogP contribution in [0.15, 0.2) is 24.4 Å². The van der Waals surface area contributed by atoms with Crippen molar-refractivity contribution in [2.24, 2.45) is 0 Å². The molecule has 0 N–H and O–H groups in total. The van der Waals surface area contributed by atoms with Gasteiger partial charge in [-0.2, -0.15) is 0 Å². The zero-order valence-electron chi connectivity index (χ0n) is 15.4.